The summed E-state index contributed by atoms with van der Waals surface area (Å²) in [7, 11) is 1.35. The Morgan fingerprint density at radius 3 is 2.61 bits per heavy atom. The minimum atomic E-state index is -4.85. The largest absolute Gasteiger partial charge is 0.573 e. The topological polar surface area (TPSA) is 59.0 Å². The Morgan fingerprint density at radius 1 is 1.21 bits per heavy atom. The summed E-state index contributed by atoms with van der Waals surface area (Å²) in [6.45, 7) is -0.132. The summed E-state index contributed by atoms with van der Waals surface area (Å²) in [5.74, 6) is -1.47. The van der Waals surface area contributed by atoms with Crippen LogP contribution in [0.2, 0.25) is 0 Å². The zero-order valence-corrected chi connectivity index (χ0v) is 14.7. The fourth-order valence-electron chi connectivity index (χ4n) is 3.30. The van der Waals surface area contributed by atoms with Crippen molar-refractivity contribution in [1.82, 2.24) is 4.90 Å². The van der Waals surface area contributed by atoms with Gasteiger partial charge in [-0.05, 0) is 29.8 Å². The number of aliphatic hydroxyl groups excluding tert-OH is 1. The first-order valence-corrected chi connectivity index (χ1v) is 8.35. The molecule has 9 heteroatoms. The molecule has 3 rings (SSSR count). The van der Waals surface area contributed by atoms with Crippen molar-refractivity contribution >= 4 is 5.91 Å². The highest BCUT2D eigenvalue weighted by atomic mass is 19.4. The maximum atomic E-state index is 14.5. The number of carbonyl (C=O) groups excluding carboxylic acids is 1. The molecule has 0 aromatic heterocycles. The molecule has 1 aliphatic heterocycles. The van der Waals surface area contributed by atoms with Crippen LogP contribution in [0.4, 0.5) is 17.6 Å². The highest BCUT2D eigenvalue weighted by Gasteiger charge is 2.41. The molecule has 2 aromatic rings. The van der Waals surface area contributed by atoms with E-state index >= 15 is 0 Å². The van der Waals surface area contributed by atoms with E-state index < -0.39 is 36.0 Å². The lowest BCUT2D eigenvalue weighted by molar-refractivity contribution is -0.274. The fourth-order valence-corrected chi connectivity index (χ4v) is 3.30. The number of nitrogens with zero attached hydrogens (tertiary/aromatic N) is 1. The maximum absolute atomic E-state index is 14.5. The third-order valence-corrected chi connectivity index (χ3v) is 4.44. The van der Waals surface area contributed by atoms with Crippen molar-refractivity contribution in [3.8, 4) is 11.5 Å². The number of carbonyl (C=O) groups is 1. The number of rotatable bonds is 5. The third kappa shape index (κ3) is 4.19. The van der Waals surface area contributed by atoms with Gasteiger partial charge in [-0.2, -0.15) is 0 Å². The van der Waals surface area contributed by atoms with Gasteiger partial charge < -0.3 is 19.5 Å². The van der Waals surface area contributed by atoms with Crippen LogP contribution in [-0.4, -0.2) is 35.5 Å². The number of methoxy groups -OCH3 is 1. The van der Waals surface area contributed by atoms with Gasteiger partial charge >= 0.3 is 6.36 Å². The van der Waals surface area contributed by atoms with E-state index in [4.69, 9.17) is 4.74 Å². The van der Waals surface area contributed by atoms with Gasteiger partial charge in [0.05, 0.1) is 18.7 Å². The molecule has 0 saturated carbocycles. The van der Waals surface area contributed by atoms with Gasteiger partial charge in [0.25, 0.3) is 5.91 Å². The average Bonchev–Trinajstić information content (AvgIpc) is 2.88. The molecule has 28 heavy (non-hydrogen) atoms. The Bertz CT molecular complexity index is 871. The van der Waals surface area contributed by atoms with E-state index in [1.54, 1.807) is 0 Å². The van der Waals surface area contributed by atoms with Crippen molar-refractivity contribution in [2.75, 3.05) is 7.11 Å². The summed E-state index contributed by atoms with van der Waals surface area (Å²) in [5, 5.41) is 10.0. The van der Waals surface area contributed by atoms with Crippen LogP contribution in [0.3, 0.4) is 0 Å². The number of ether oxygens (including phenoxy) is 2. The van der Waals surface area contributed by atoms with Crippen molar-refractivity contribution in [2.24, 2.45) is 0 Å². The SMILES string of the molecule is COc1cccc(F)c1C1CC(O)C(=O)N1Cc1cccc(OC(F)(F)F)c1. The van der Waals surface area contributed by atoms with Crippen molar-refractivity contribution in [1.29, 1.82) is 0 Å². The van der Waals surface area contributed by atoms with Crippen LogP contribution in [-0.2, 0) is 11.3 Å². The van der Waals surface area contributed by atoms with Crippen LogP contribution in [0.15, 0.2) is 42.5 Å². The van der Waals surface area contributed by atoms with E-state index in [0.717, 1.165) is 12.1 Å². The van der Waals surface area contributed by atoms with E-state index in [2.05, 4.69) is 4.74 Å². The second-order valence-corrected chi connectivity index (χ2v) is 6.28. The van der Waals surface area contributed by atoms with Gasteiger partial charge in [-0.1, -0.05) is 18.2 Å². The summed E-state index contributed by atoms with van der Waals surface area (Å²) >= 11 is 0. The predicted octanol–water partition coefficient (Wildman–Crippen LogP) is 3.57. The molecule has 0 radical (unpaired) electrons. The van der Waals surface area contributed by atoms with E-state index in [0.29, 0.717) is 5.56 Å². The minimum Gasteiger partial charge on any atom is -0.496 e. The molecular weight excluding hydrogens is 382 g/mol. The molecule has 0 bridgehead atoms. The van der Waals surface area contributed by atoms with Gasteiger partial charge in [-0.25, -0.2) is 4.39 Å². The van der Waals surface area contributed by atoms with Gasteiger partial charge in [-0.15, -0.1) is 13.2 Å². The quantitative estimate of drug-likeness (QED) is 0.781. The average molecular weight is 399 g/mol. The molecule has 0 aliphatic carbocycles. The number of aliphatic hydroxyl groups is 1. The molecule has 1 fully saturated rings. The summed E-state index contributed by atoms with van der Waals surface area (Å²) in [5.41, 5.74) is 0.446. The molecule has 150 valence electrons. The van der Waals surface area contributed by atoms with Crippen molar-refractivity contribution in [3.63, 3.8) is 0 Å². The molecule has 2 aromatic carbocycles. The zero-order valence-electron chi connectivity index (χ0n) is 14.7. The summed E-state index contributed by atoms with van der Waals surface area (Å²) in [4.78, 5) is 13.6. The Kier molecular flexibility index (Phi) is 5.46. The number of alkyl halides is 3. The molecule has 0 spiro atoms. The minimum absolute atomic E-state index is 0.0606. The number of amides is 1. The van der Waals surface area contributed by atoms with Crippen LogP contribution in [0.1, 0.15) is 23.6 Å². The van der Waals surface area contributed by atoms with Gasteiger partial charge in [0.15, 0.2) is 0 Å². The first-order chi connectivity index (χ1) is 13.2. The number of likely N-dealkylation sites (tertiary alicyclic amines) is 1. The zero-order chi connectivity index (χ0) is 20.5. The highest BCUT2D eigenvalue weighted by molar-refractivity contribution is 5.83. The first-order valence-electron chi connectivity index (χ1n) is 8.35. The lowest BCUT2D eigenvalue weighted by Gasteiger charge is -2.26. The van der Waals surface area contributed by atoms with Gasteiger partial charge in [0, 0.05) is 13.0 Å². The molecule has 2 atom stereocenters. The summed E-state index contributed by atoms with van der Waals surface area (Å²) in [6.07, 6.45) is -6.25. The van der Waals surface area contributed by atoms with Crippen LogP contribution in [0.5, 0.6) is 11.5 Å². The molecule has 1 aliphatic rings. The first kappa shape index (κ1) is 19.9. The van der Waals surface area contributed by atoms with E-state index in [1.807, 2.05) is 0 Å². The van der Waals surface area contributed by atoms with Crippen molar-refractivity contribution in [2.45, 2.75) is 31.5 Å². The van der Waals surface area contributed by atoms with Crippen molar-refractivity contribution in [3.05, 3.63) is 59.4 Å². The van der Waals surface area contributed by atoms with Gasteiger partial charge in [-0.3, -0.25) is 4.79 Å². The smallest absolute Gasteiger partial charge is 0.496 e. The predicted molar refractivity (Wildman–Crippen MR) is 90.0 cm³/mol. The van der Waals surface area contributed by atoms with Crippen LogP contribution in [0, 0.1) is 5.82 Å². The van der Waals surface area contributed by atoms with Gasteiger partial charge in [0.2, 0.25) is 0 Å². The summed E-state index contributed by atoms with van der Waals surface area (Å²) in [6, 6.07) is 8.50. The molecule has 1 amide bonds. The standard InChI is InChI=1S/C19H17F4NO4/c1-27-16-7-3-6-13(20)17(16)14-9-15(25)18(26)24(14)10-11-4-2-5-12(8-11)28-19(21,22)23/h2-8,14-15,25H,9-10H2,1H3. The molecule has 1 heterocycles. The molecule has 1 N–H and O–H groups in total. The molecular formula is C19H17F4NO4. The van der Waals surface area contributed by atoms with Crippen molar-refractivity contribution < 1.29 is 36.9 Å². The van der Waals surface area contributed by atoms with Crippen LogP contribution >= 0.6 is 0 Å². The second-order valence-electron chi connectivity index (χ2n) is 6.28. The lowest BCUT2D eigenvalue weighted by atomic mass is 10.0. The van der Waals surface area contributed by atoms with Crippen LogP contribution < -0.4 is 9.47 Å². The number of benzene rings is 2. The van der Waals surface area contributed by atoms with E-state index in [9.17, 15) is 27.5 Å². The Morgan fingerprint density at radius 2 is 1.93 bits per heavy atom. The monoisotopic (exact) mass is 399 g/mol. The van der Waals surface area contributed by atoms with Crippen LogP contribution in [0.25, 0.3) is 0 Å². The molecule has 2 unspecified atom stereocenters. The third-order valence-electron chi connectivity index (χ3n) is 4.44. The highest BCUT2D eigenvalue weighted by Crippen LogP contribution is 2.40. The molecule has 5 nitrogen and oxygen atoms in total. The summed E-state index contributed by atoms with van der Waals surface area (Å²) < 4.78 is 60.8. The Hall–Kier alpha value is -2.81. The van der Waals surface area contributed by atoms with E-state index in [-0.39, 0.29) is 24.3 Å². The maximum Gasteiger partial charge on any atom is 0.573 e. The van der Waals surface area contributed by atoms with Gasteiger partial charge in [0.1, 0.15) is 23.4 Å². The normalized spacial score (nSPS) is 19.8. The Labute approximate surface area is 158 Å². The second kappa shape index (κ2) is 7.67. The molecule has 1 saturated heterocycles. The number of halogens is 4. The Balaban J connectivity index is 1.92. The van der Waals surface area contributed by atoms with E-state index in [1.165, 1.54) is 42.3 Å². The number of hydrogen-bond acceptors (Lipinski definition) is 4. The lowest BCUT2D eigenvalue weighted by Crippen LogP contribution is -2.31. The number of hydrogen-bond donors (Lipinski definition) is 1. The fraction of sp³-hybridized carbons (Fsp3) is 0.316.